The first-order valence-corrected chi connectivity index (χ1v) is 18.1. The van der Waals surface area contributed by atoms with Crippen LogP contribution in [-0.2, 0) is 5.41 Å². The number of nitrogens with zero attached hydrogens (tertiary/aromatic N) is 2. The SMILES string of the molecule is c1ccc2c(c1)NC(c1cccc3c1-c1ccccc1C31c3ccccc3-c3ccccc31)=NC2n1c2ccccc2c2c3ccccc3ccc21. The van der Waals surface area contributed by atoms with E-state index in [4.69, 9.17) is 4.99 Å². The quantitative estimate of drug-likeness (QED) is 0.196. The average Bonchev–Trinajstić information content (AvgIpc) is 3.83. The molecule has 1 atom stereocenters. The van der Waals surface area contributed by atoms with Gasteiger partial charge in [-0.1, -0.05) is 158 Å². The van der Waals surface area contributed by atoms with E-state index in [0.717, 1.165) is 22.6 Å². The Morgan fingerprint density at radius 1 is 0.462 bits per heavy atom. The van der Waals surface area contributed by atoms with Crippen LogP contribution in [0.1, 0.15) is 39.5 Å². The normalized spacial score (nSPS) is 15.9. The van der Waals surface area contributed by atoms with Crippen molar-refractivity contribution in [1.82, 2.24) is 4.57 Å². The lowest BCUT2D eigenvalue weighted by Crippen LogP contribution is -2.27. The number of anilines is 1. The lowest BCUT2D eigenvalue weighted by molar-refractivity contribution is 0.652. The number of hydrogen-bond acceptors (Lipinski definition) is 2. The lowest BCUT2D eigenvalue weighted by Gasteiger charge is -2.31. The molecule has 2 aliphatic carbocycles. The molecule has 0 bridgehead atoms. The minimum atomic E-state index is -0.407. The molecule has 2 heterocycles. The van der Waals surface area contributed by atoms with E-state index in [1.807, 2.05) is 0 Å². The van der Waals surface area contributed by atoms with E-state index in [2.05, 4.69) is 186 Å². The van der Waals surface area contributed by atoms with Crippen molar-refractivity contribution >= 4 is 44.1 Å². The van der Waals surface area contributed by atoms with Crippen molar-refractivity contribution in [2.75, 3.05) is 5.32 Å². The van der Waals surface area contributed by atoms with Crippen molar-refractivity contribution in [3.8, 4) is 22.3 Å². The Balaban J connectivity index is 1.15. The predicted molar refractivity (Wildman–Crippen MR) is 214 cm³/mol. The number of aromatic nitrogens is 1. The van der Waals surface area contributed by atoms with Crippen molar-refractivity contribution in [3.05, 3.63) is 209 Å². The minimum absolute atomic E-state index is 0.273. The molecule has 3 heteroatoms. The number of rotatable bonds is 2. The van der Waals surface area contributed by atoms with Gasteiger partial charge >= 0.3 is 0 Å². The van der Waals surface area contributed by atoms with Crippen molar-refractivity contribution in [3.63, 3.8) is 0 Å². The summed E-state index contributed by atoms with van der Waals surface area (Å²) in [6, 6.07) is 64.6. The van der Waals surface area contributed by atoms with Crippen molar-refractivity contribution in [1.29, 1.82) is 0 Å². The molecule has 1 aromatic heterocycles. The van der Waals surface area contributed by atoms with Gasteiger partial charge < -0.3 is 9.88 Å². The molecule has 1 unspecified atom stereocenters. The Hall–Kier alpha value is -6.71. The highest BCUT2D eigenvalue weighted by Crippen LogP contribution is 2.63. The summed E-state index contributed by atoms with van der Waals surface area (Å²) in [5, 5.41) is 8.88. The number of hydrogen-bond donors (Lipinski definition) is 1. The van der Waals surface area contributed by atoms with Crippen LogP contribution in [0.2, 0.25) is 0 Å². The topological polar surface area (TPSA) is 29.3 Å². The minimum Gasteiger partial charge on any atom is -0.340 e. The zero-order chi connectivity index (χ0) is 34.0. The molecule has 0 fully saturated rings. The highest BCUT2D eigenvalue weighted by atomic mass is 15.2. The van der Waals surface area contributed by atoms with E-state index in [-0.39, 0.29) is 6.17 Å². The van der Waals surface area contributed by atoms with E-state index in [9.17, 15) is 0 Å². The van der Waals surface area contributed by atoms with Crippen LogP contribution in [0.4, 0.5) is 5.69 Å². The first-order chi connectivity index (χ1) is 25.8. The molecule has 0 saturated carbocycles. The van der Waals surface area contributed by atoms with Crippen molar-refractivity contribution < 1.29 is 0 Å². The highest BCUT2D eigenvalue weighted by Gasteiger charge is 2.52. The van der Waals surface area contributed by atoms with Crippen LogP contribution >= 0.6 is 0 Å². The molecule has 9 aromatic rings. The third-order valence-electron chi connectivity index (χ3n) is 11.9. The number of benzene rings is 8. The third kappa shape index (κ3) is 3.43. The summed E-state index contributed by atoms with van der Waals surface area (Å²) >= 11 is 0. The molecule has 8 aromatic carbocycles. The van der Waals surface area contributed by atoms with Crippen molar-refractivity contribution in [2.24, 2.45) is 4.99 Å². The van der Waals surface area contributed by atoms with Gasteiger partial charge in [0.2, 0.25) is 0 Å². The first kappa shape index (κ1) is 28.0. The van der Waals surface area contributed by atoms with Crippen LogP contribution in [0.5, 0.6) is 0 Å². The Morgan fingerprint density at radius 2 is 1.06 bits per heavy atom. The zero-order valence-corrected chi connectivity index (χ0v) is 28.2. The van der Waals surface area contributed by atoms with E-state index in [1.54, 1.807) is 0 Å². The van der Waals surface area contributed by atoms with Gasteiger partial charge in [0.15, 0.2) is 6.17 Å². The van der Waals surface area contributed by atoms with Gasteiger partial charge in [-0.05, 0) is 73.5 Å². The fourth-order valence-electron chi connectivity index (χ4n) is 9.89. The van der Waals surface area contributed by atoms with E-state index in [1.165, 1.54) is 77.1 Å². The number of nitrogens with one attached hydrogen (secondary N) is 1. The Kier molecular flexibility index (Phi) is 5.49. The van der Waals surface area contributed by atoms with E-state index >= 15 is 0 Å². The maximum absolute atomic E-state index is 5.74. The summed E-state index contributed by atoms with van der Waals surface area (Å²) in [7, 11) is 0. The van der Waals surface area contributed by atoms with Gasteiger partial charge in [0.1, 0.15) is 5.84 Å². The molecule has 12 rings (SSSR count). The summed E-state index contributed by atoms with van der Waals surface area (Å²) in [6.07, 6.45) is -0.273. The number of amidine groups is 1. The van der Waals surface area contributed by atoms with Crippen LogP contribution < -0.4 is 5.32 Å². The third-order valence-corrected chi connectivity index (χ3v) is 11.9. The predicted octanol–water partition coefficient (Wildman–Crippen LogP) is 11.7. The monoisotopic (exact) mass is 661 g/mol. The fourth-order valence-corrected chi connectivity index (χ4v) is 9.89. The van der Waals surface area contributed by atoms with E-state index < -0.39 is 5.41 Å². The molecule has 1 spiro atoms. The zero-order valence-electron chi connectivity index (χ0n) is 28.2. The average molecular weight is 662 g/mol. The molecular weight excluding hydrogens is 631 g/mol. The maximum atomic E-state index is 5.74. The molecule has 242 valence electrons. The first-order valence-electron chi connectivity index (χ1n) is 18.1. The molecule has 0 radical (unpaired) electrons. The summed E-state index contributed by atoms with van der Waals surface area (Å²) in [6.45, 7) is 0. The molecule has 0 saturated heterocycles. The summed E-state index contributed by atoms with van der Waals surface area (Å²) in [5.74, 6) is 0.888. The van der Waals surface area contributed by atoms with Crippen LogP contribution in [0, 0.1) is 0 Å². The molecule has 0 amide bonds. The van der Waals surface area contributed by atoms with E-state index in [0.29, 0.717) is 0 Å². The molecule has 52 heavy (non-hydrogen) atoms. The lowest BCUT2D eigenvalue weighted by atomic mass is 9.70. The van der Waals surface area contributed by atoms with Crippen molar-refractivity contribution in [2.45, 2.75) is 11.6 Å². The van der Waals surface area contributed by atoms with Gasteiger partial charge in [-0.2, -0.15) is 0 Å². The maximum Gasteiger partial charge on any atom is 0.155 e. The highest BCUT2D eigenvalue weighted by molar-refractivity contribution is 6.21. The number of para-hydroxylation sites is 2. The standard InChI is InChI=1S/C49H31N3/c1-2-15-31-30(14-1)28-29-44-46(31)36-20-7-12-27-43(36)52(44)48-35-19-6-11-26-42(35)50-47(51-48)37-21-13-25-41-45(37)34-18-5-10-24-40(34)49(41)38-22-8-3-16-32(38)33-17-4-9-23-39(33)49/h1-29,48H,(H,50,51). The summed E-state index contributed by atoms with van der Waals surface area (Å²) in [5.41, 5.74) is 15.8. The van der Waals surface area contributed by atoms with Crippen LogP contribution in [0.25, 0.3) is 54.8 Å². The van der Waals surface area contributed by atoms with Gasteiger partial charge in [-0.15, -0.1) is 0 Å². The molecule has 3 aliphatic rings. The Labute approximate surface area is 301 Å². The molecule has 1 N–H and O–H groups in total. The summed E-state index contributed by atoms with van der Waals surface area (Å²) < 4.78 is 2.46. The van der Waals surface area contributed by atoms with Gasteiger partial charge in [0, 0.05) is 27.6 Å². The largest absolute Gasteiger partial charge is 0.340 e. The van der Waals surface area contributed by atoms with Crippen LogP contribution in [0.3, 0.4) is 0 Å². The fraction of sp³-hybridized carbons (Fsp3) is 0.0408. The van der Waals surface area contributed by atoms with Gasteiger partial charge in [0.05, 0.1) is 16.4 Å². The molecule has 1 aliphatic heterocycles. The van der Waals surface area contributed by atoms with Crippen LogP contribution in [-0.4, -0.2) is 10.4 Å². The van der Waals surface area contributed by atoms with Crippen LogP contribution in [0.15, 0.2) is 181 Å². The Morgan fingerprint density at radius 3 is 1.87 bits per heavy atom. The number of fused-ring (bicyclic) bond motifs is 16. The second kappa shape index (κ2) is 10.2. The number of aliphatic imine (C=N–C) groups is 1. The van der Waals surface area contributed by atoms with Gasteiger partial charge in [-0.25, -0.2) is 4.99 Å². The molecule has 3 nitrogen and oxygen atoms in total. The second-order valence-corrected chi connectivity index (χ2v) is 14.2. The second-order valence-electron chi connectivity index (χ2n) is 14.2. The summed E-state index contributed by atoms with van der Waals surface area (Å²) in [4.78, 5) is 5.74. The van der Waals surface area contributed by atoms with Gasteiger partial charge in [-0.3, -0.25) is 0 Å². The smallest absolute Gasteiger partial charge is 0.155 e. The Bertz CT molecular complexity index is 2970. The molecular formula is C49H31N3. The van der Waals surface area contributed by atoms with Gasteiger partial charge in [0.25, 0.3) is 0 Å².